The van der Waals surface area contributed by atoms with E-state index >= 15 is 0 Å². The standard InChI is InChI=1S/C13H18FNO/c1-13(16,10-5-3-2-4-6-10)12-8-7-11(14)9-15-12/h7-10,16H,2-6H2,1H3. The molecule has 0 bridgehead atoms. The van der Waals surface area contributed by atoms with Crippen molar-refractivity contribution in [1.29, 1.82) is 0 Å². The van der Waals surface area contributed by atoms with Crippen LogP contribution in [0.5, 0.6) is 0 Å². The third kappa shape index (κ3) is 2.24. The van der Waals surface area contributed by atoms with Crippen LogP contribution >= 0.6 is 0 Å². The van der Waals surface area contributed by atoms with Crippen LogP contribution in [0.1, 0.15) is 44.7 Å². The molecule has 1 N–H and O–H groups in total. The molecule has 0 aliphatic heterocycles. The van der Waals surface area contributed by atoms with Crippen LogP contribution < -0.4 is 0 Å². The van der Waals surface area contributed by atoms with Crippen molar-refractivity contribution in [1.82, 2.24) is 4.98 Å². The average molecular weight is 223 g/mol. The lowest BCUT2D eigenvalue weighted by Gasteiger charge is -2.35. The van der Waals surface area contributed by atoms with E-state index in [2.05, 4.69) is 4.98 Å². The van der Waals surface area contributed by atoms with E-state index in [1.165, 1.54) is 31.5 Å². The molecule has 0 aromatic carbocycles. The molecule has 0 spiro atoms. The second-order valence-corrected chi connectivity index (χ2v) is 4.84. The Kier molecular flexibility index (Phi) is 3.24. The fourth-order valence-corrected chi connectivity index (χ4v) is 2.55. The lowest BCUT2D eigenvalue weighted by atomic mass is 9.76. The molecular weight excluding hydrogens is 205 g/mol. The Morgan fingerprint density at radius 1 is 1.31 bits per heavy atom. The first-order chi connectivity index (χ1) is 7.60. The Balaban J connectivity index is 2.19. The van der Waals surface area contributed by atoms with E-state index < -0.39 is 5.60 Å². The highest BCUT2D eigenvalue weighted by Crippen LogP contribution is 2.38. The van der Waals surface area contributed by atoms with Crippen molar-refractivity contribution in [3.63, 3.8) is 0 Å². The summed E-state index contributed by atoms with van der Waals surface area (Å²) in [5.41, 5.74) is -0.338. The summed E-state index contributed by atoms with van der Waals surface area (Å²) in [7, 11) is 0. The Morgan fingerprint density at radius 2 is 2.00 bits per heavy atom. The second-order valence-electron chi connectivity index (χ2n) is 4.84. The predicted octanol–water partition coefficient (Wildman–Crippen LogP) is 3.01. The highest BCUT2D eigenvalue weighted by atomic mass is 19.1. The normalized spacial score (nSPS) is 21.7. The Labute approximate surface area is 95.5 Å². The van der Waals surface area contributed by atoms with E-state index in [0.29, 0.717) is 5.69 Å². The first-order valence-corrected chi connectivity index (χ1v) is 5.95. The summed E-state index contributed by atoms with van der Waals surface area (Å²) in [6.07, 6.45) is 6.83. The van der Waals surface area contributed by atoms with Crippen LogP contribution in [0.4, 0.5) is 4.39 Å². The summed E-state index contributed by atoms with van der Waals surface area (Å²) in [5, 5.41) is 10.5. The maximum atomic E-state index is 12.8. The molecule has 1 fully saturated rings. The maximum Gasteiger partial charge on any atom is 0.141 e. The summed E-state index contributed by atoms with van der Waals surface area (Å²) in [5.74, 6) is -0.109. The van der Waals surface area contributed by atoms with Crippen molar-refractivity contribution in [3.05, 3.63) is 29.8 Å². The van der Waals surface area contributed by atoms with E-state index in [1.807, 2.05) is 0 Å². The van der Waals surface area contributed by atoms with Crippen molar-refractivity contribution in [2.75, 3.05) is 0 Å². The van der Waals surface area contributed by atoms with Gasteiger partial charge in [0.05, 0.1) is 11.9 Å². The van der Waals surface area contributed by atoms with Crippen LogP contribution in [-0.4, -0.2) is 10.1 Å². The van der Waals surface area contributed by atoms with E-state index in [0.717, 1.165) is 12.8 Å². The van der Waals surface area contributed by atoms with Gasteiger partial charge in [-0.2, -0.15) is 0 Å². The molecule has 1 aliphatic rings. The predicted molar refractivity (Wildman–Crippen MR) is 60.3 cm³/mol. The van der Waals surface area contributed by atoms with Crippen molar-refractivity contribution in [3.8, 4) is 0 Å². The van der Waals surface area contributed by atoms with Crippen LogP contribution in [0.3, 0.4) is 0 Å². The number of nitrogens with zero attached hydrogens (tertiary/aromatic N) is 1. The van der Waals surface area contributed by atoms with Crippen molar-refractivity contribution < 1.29 is 9.50 Å². The monoisotopic (exact) mass is 223 g/mol. The average Bonchev–Trinajstić information content (AvgIpc) is 2.31. The SMILES string of the molecule is CC(O)(c1ccc(F)cn1)C1CCCCC1. The Morgan fingerprint density at radius 3 is 2.56 bits per heavy atom. The number of aromatic nitrogens is 1. The molecule has 1 aromatic rings. The number of rotatable bonds is 2. The molecule has 1 saturated carbocycles. The van der Waals surface area contributed by atoms with Gasteiger partial charge in [0.25, 0.3) is 0 Å². The number of hydrogen-bond acceptors (Lipinski definition) is 2. The van der Waals surface area contributed by atoms with Gasteiger partial charge in [0.15, 0.2) is 0 Å². The molecule has 2 rings (SSSR count). The van der Waals surface area contributed by atoms with Gasteiger partial charge in [0, 0.05) is 0 Å². The van der Waals surface area contributed by atoms with E-state index in [9.17, 15) is 9.50 Å². The highest BCUT2D eigenvalue weighted by Gasteiger charge is 2.35. The molecule has 1 heterocycles. The summed E-state index contributed by atoms with van der Waals surface area (Å²) >= 11 is 0. The van der Waals surface area contributed by atoms with E-state index in [1.54, 1.807) is 13.0 Å². The van der Waals surface area contributed by atoms with Crippen LogP contribution in [0.15, 0.2) is 18.3 Å². The zero-order valence-corrected chi connectivity index (χ0v) is 9.62. The second kappa shape index (κ2) is 4.50. The smallest absolute Gasteiger partial charge is 0.141 e. The molecule has 2 nitrogen and oxygen atoms in total. The first-order valence-electron chi connectivity index (χ1n) is 5.95. The van der Waals surface area contributed by atoms with Gasteiger partial charge in [-0.15, -0.1) is 0 Å². The Hall–Kier alpha value is -0.960. The minimum atomic E-state index is -0.922. The van der Waals surface area contributed by atoms with Crippen LogP contribution in [-0.2, 0) is 5.60 Å². The number of aliphatic hydroxyl groups is 1. The quantitative estimate of drug-likeness (QED) is 0.836. The molecule has 3 heteroatoms. The van der Waals surface area contributed by atoms with Crippen molar-refractivity contribution in [2.24, 2.45) is 5.92 Å². The first kappa shape index (κ1) is 11.5. The Bertz CT molecular complexity index is 341. The largest absolute Gasteiger partial charge is 0.384 e. The number of hydrogen-bond donors (Lipinski definition) is 1. The van der Waals surface area contributed by atoms with Gasteiger partial charge in [0.2, 0.25) is 0 Å². The van der Waals surface area contributed by atoms with Crippen molar-refractivity contribution >= 4 is 0 Å². The minimum Gasteiger partial charge on any atom is -0.384 e. The zero-order chi connectivity index (χ0) is 11.6. The van der Waals surface area contributed by atoms with Gasteiger partial charge in [-0.05, 0) is 37.8 Å². The topological polar surface area (TPSA) is 33.1 Å². The molecule has 0 radical (unpaired) electrons. The van der Waals surface area contributed by atoms with Crippen LogP contribution in [0.2, 0.25) is 0 Å². The van der Waals surface area contributed by atoms with Gasteiger partial charge in [-0.3, -0.25) is 4.98 Å². The molecule has 1 aromatic heterocycles. The number of pyridine rings is 1. The molecule has 1 atom stereocenters. The summed E-state index contributed by atoms with van der Waals surface area (Å²) in [6.45, 7) is 1.79. The van der Waals surface area contributed by atoms with Gasteiger partial charge in [-0.1, -0.05) is 19.3 Å². The lowest BCUT2D eigenvalue weighted by molar-refractivity contribution is -0.0252. The molecule has 16 heavy (non-hydrogen) atoms. The zero-order valence-electron chi connectivity index (χ0n) is 9.62. The molecule has 0 saturated heterocycles. The lowest BCUT2D eigenvalue weighted by Crippen LogP contribution is -2.34. The molecule has 88 valence electrons. The third-order valence-electron chi connectivity index (χ3n) is 3.65. The molecular formula is C13H18FNO. The molecule has 0 amide bonds. The third-order valence-corrected chi connectivity index (χ3v) is 3.65. The highest BCUT2D eigenvalue weighted by molar-refractivity contribution is 5.14. The fourth-order valence-electron chi connectivity index (χ4n) is 2.55. The van der Waals surface area contributed by atoms with Gasteiger partial charge in [-0.25, -0.2) is 4.39 Å². The van der Waals surface area contributed by atoms with Crippen LogP contribution in [0.25, 0.3) is 0 Å². The van der Waals surface area contributed by atoms with E-state index in [4.69, 9.17) is 0 Å². The fraction of sp³-hybridized carbons (Fsp3) is 0.615. The van der Waals surface area contributed by atoms with Gasteiger partial charge >= 0.3 is 0 Å². The van der Waals surface area contributed by atoms with Gasteiger partial charge < -0.3 is 5.11 Å². The van der Waals surface area contributed by atoms with E-state index in [-0.39, 0.29) is 11.7 Å². The minimum absolute atomic E-state index is 0.249. The maximum absolute atomic E-state index is 12.8. The molecule has 1 unspecified atom stereocenters. The van der Waals surface area contributed by atoms with Crippen LogP contribution in [0, 0.1) is 11.7 Å². The summed E-state index contributed by atoms with van der Waals surface area (Å²) in [4.78, 5) is 4.00. The van der Waals surface area contributed by atoms with Crippen molar-refractivity contribution in [2.45, 2.75) is 44.6 Å². The molecule has 1 aliphatic carbocycles. The van der Waals surface area contributed by atoms with Gasteiger partial charge in [0.1, 0.15) is 11.4 Å². The number of halogens is 1. The summed E-state index contributed by atoms with van der Waals surface area (Å²) in [6, 6.07) is 2.95. The summed E-state index contributed by atoms with van der Waals surface area (Å²) < 4.78 is 12.8.